The highest BCUT2D eigenvalue weighted by Crippen LogP contribution is 2.33. The molecule has 0 aliphatic carbocycles. The van der Waals surface area contributed by atoms with E-state index in [1.807, 2.05) is 25.1 Å². The molecule has 88 valence electrons. The van der Waals surface area contributed by atoms with Gasteiger partial charge in [-0.15, -0.1) is 0 Å². The molecule has 0 fully saturated rings. The molecule has 0 radical (unpaired) electrons. The lowest BCUT2D eigenvalue weighted by atomic mass is 10.0. The Morgan fingerprint density at radius 3 is 3.06 bits per heavy atom. The normalized spacial score (nSPS) is 22.2. The van der Waals surface area contributed by atoms with Crippen molar-refractivity contribution in [3.63, 3.8) is 0 Å². The van der Waals surface area contributed by atoms with Crippen LogP contribution >= 0.6 is 0 Å². The third kappa shape index (κ3) is 2.62. The Balaban J connectivity index is 2.00. The van der Waals surface area contributed by atoms with Gasteiger partial charge in [0, 0.05) is 39.8 Å². The summed E-state index contributed by atoms with van der Waals surface area (Å²) in [6, 6.07) is 7.97. The Bertz CT molecular complexity index is 392. The molecule has 0 saturated carbocycles. The lowest BCUT2D eigenvalue weighted by Gasteiger charge is -2.10. The topological polar surface area (TPSA) is 52.3 Å². The first kappa shape index (κ1) is 11.6. The molecule has 1 aromatic carbocycles. The van der Waals surface area contributed by atoms with Crippen molar-refractivity contribution < 1.29 is 8.95 Å². The second-order valence-corrected chi connectivity index (χ2v) is 5.84. The molecular formula is C12H17NO2S. The molecule has 2 N–H and O–H groups in total. The summed E-state index contributed by atoms with van der Waals surface area (Å²) in [7, 11) is -0.852. The van der Waals surface area contributed by atoms with E-state index in [0.717, 1.165) is 5.75 Å². The van der Waals surface area contributed by atoms with Crippen molar-refractivity contribution in [1.29, 1.82) is 0 Å². The molecule has 0 bridgehead atoms. The number of benzene rings is 1. The number of para-hydroxylation sites is 1. The number of hydrogen-bond acceptors (Lipinski definition) is 3. The van der Waals surface area contributed by atoms with Crippen molar-refractivity contribution in [3.8, 4) is 5.75 Å². The van der Waals surface area contributed by atoms with Gasteiger partial charge in [-0.25, -0.2) is 0 Å². The summed E-state index contributed by atoms with van der Waals surface area (Å²) in [5.74, 6) is 2.41. The van der Waals surface area contributed by atoms with Gasteiger partial charge < -0.3 is 10.5 Å². The number of hydrogen-bond donors (Lipinski definition) is 1. The standard InChI is InChI=1S/C12H17NO2S/c1-9(13)7-16(14)8-10-6-15-12-5-3-2-4-11(10)12/h2-5,9-10H,6-8,13H2,1H3. The minimum atomic E-state index is -0.852. The minimum Gasteiger partial charge on any atom is -0.493 e. The molecule has 0 saturated heterocycles. The lowest BCUT2D eigenvalue weighted by Crippen LogP contribution is -2.25. The highest BCUT2D eigenvalue weighted by atomic mass is 32.2. The van der Waals surface area contributed by atoms with Crippen molar-refractivity contribution in [1.82, 2.24) is 0 Å². The van der Waals surface area contributed by atoms with E-state index in [0.29, 0.717) is 18.1 Å². The second kappa shape index (κ2) is 4.97. The first-order valence-electron chi connectivity index (χ1n) is 5.49. The zero-order valence-electron chi connectivity index (χ0n) is 9.39. The van der Waals surface area contributed by atoms with E-state index < -0.39 is 10.8 Å². The highest BCUT2D eigenvalue weighted by molar-refractivity contribution is 7.85. The molecule has 3 nitrogen and oxygen atoms in total. The Labute approximate surface area is 98.4 Å². The summed E-state index contributed by atoms with van der Waals surface area (Å²) >= 11 is 0. The van der Waals surface area contributed by atoms with Crippen molar-refractivity contribution in [3.05, 3.63) is 29.8 Å². The summed E-state index contributed by atoms with van der Waals surface area (Å²) in [5, 5.41) is 0. The fourth-order valence-electron chi connectivity index (χ4n) is 1.95. The maximum atomic E-state index is 11.8. The summed E-state index contributed by atoms with van der Waals surface area (Å²) in [5.41, 5.74) is 6.82. The molecule has 3 unspecified atom stereocenters. The third-order valence-electron chi connectivity index (χ3n) is 2.63. The van der Waals surface area contributed by atoms with E-state index in [-0.39, 0.29) is 12.0 Å². The van der Waals surface area contributed by atoms with Gasteiger partial charge in [-0.05, 0) is 13.0 Å². The summed E-state index contributed by atoms with van der Waals surface area (Å²) < 4.78 is 17.3. The zero-order chi connectivity index (χ0) is 11.5. The monoisotopic (exact) mass is 239 g/mol. The fraction of sp³-hybridized carbons (Fsp3) is 0.500. The summed E-state index contributed by atoms with van der Waals surface area (Å²) in [4.78, 5) is 0. The van der Waals surface area contributed by atoms with E-state index in [1.54, 1.807) is 0 Å². The maximum Gasteiger partial charge on any atom is 0.122 e. The lowest BCUT2D eigenvalue weighted by molar-refractivity contribution is 0.338. The van der Waals surface area contributed by atoms with Gasteiger partial charge in [0.1, 0.15) is 5.75 Å². The van der Waals surface area contributed by atoms with Crippen LogP contribution in [0.1, 0.15) is 18.4 Å². The number of ether oxygens (including phenoxy) is 1. The second-order valence-electron chi connectivity index (χ2n) is 4.30. The highest BCUT2D eigenvalue weighted by Gasteiger charge is 2.25. The third-order valence-corrected chi connectivity index (χ3v) is 4.31. The maximum absolute atomic E-state index is 11.8. The van der Waals surface area contributed by atoms with Crippen LogP contribution in [0.25, 0.3) is 0 Å². The van der Waals surface area contributed by atoms with Gasteiger partial charge in [0.15, 0.2) is 0 Å². The van der Waals surface area contributed by atoms with Crippen LogP contribution in [0.3, 0.4) is 0 Å². The first-order chi connectivity index (χ1) is 7.66. The number of fused-ring (bicyclic) bond motifs is 1. The minimum absolute atomic E-state index is 0.00148. The van der Waals surface area contributed by atoms with Crippen LogP contribution < -0.4 is 10.5 Å². The number of rotatable bonds is 4. The average Bonchev–Trinajstić information content (AvgIpc) is 2.61. The van der Waals surface area contributed by atoms with Gasteiger partial charge in [0.05, 0.1) is 6.61 Å². The predicted molar refractivity (Wildman–Crippen MR) is 66.2 cm³/mol. The smallest absolute Gasteiger partial charge is 0.122 e. The predicted octanol–water partition coefficient (Wildman–Crippen LogP) is 1.26. The van der Waals surface area contributed by atoms with E-state index in [9.17, 15) is 4.21 Å². The Morgan fingerprint density at radius 1 is 1.56 bits per heavy atom. The van der Waals surface area contributed by atoms with Gasteiger partial charge in [-0.1, -0.05) is 18.2 Å². The van der Waals surface area contributed by atoms with Gasteiger partial charge in [0.25, 0.3) is 0 Å². The van der Waals surface area contributed by atoms with Crippen molar-refractivity contribution in [2.24, 2.45) is 5.73 Å². The summed E-state index contributed by atoms with van der Waals surface area (Å²) in [6.07, 6.45) is 0. The Kier molecular flexibility index (Phi) is 3.61. The molecule has 4 heteroatoms. The first-order valence-corrected chi connectivity index (χ1v) is 6.98. The summed E-state index contributed by atoms with van der Waals surface area (Å²) in [6.45, 7) is 2.53. The molecule has 16 heavy (non-hydrogen) atoms. The van der Waals surface area contributed by atoms with Crippen LogP contribution in [0.4, 0.5) is 0 Å². The molecule has 0 aromatic heterocycles. The molecule has 0 spiro atoms. The van der Waals surface area contributed by atoms with Gasteiger partial charge >= 0.3 is 0 Å². The van der Waals surface area contributed by atoms with Crippen molar-refractivity contribution >= 4 is 10.8 Å². The molecule has 1 aromatic rings. The van der Waals surface area contributed by atoms with E-state index >= 15 is 0 Å². The average molecular weight is 239 g/mol. The van der Waals surface area contributed by atoms with Crippen LogP contribution in [-0.4, -0.2) is 28.4 Å². The Hall–Kier alpha value is -0.870. The molecule has 1 aliphatic rings. The molecule has 1 aliphatic heterocycles. The Morgan fingerprint density at radius 2 is 2.31 bits per heavy atom. The largest absolute Gasteiger partial charge is 0.493 e. The van der Waals surface area contributed by atoms with E-state index in [4.69, 9.17) is 10.5 Å². The van der Waals surface area contributed by atoms with Crippen LogP contribution in [-0.2, 0) is 10.8 Å². The quantitative estimate of drug-likeness (QED) is 0.860. The van der Waals surface area contributed by atoms with Gasteiger partial charge in [-0.2, -0.15) is 0 Å². The van der Waals surface area contributed by atoms with Crippen molar-refractivity contribution in [2.45, 2.75) is 18.9 Å². The van der Waals surface area contributed by atoms with Crippen LogP contribution in [0.15, 0.2) is 24.3 Å². The van der Waals surface area contributed by atoms with Crippen LogP contribution in [0.2, 0.25) is 0 Å². The van der Waals surface area contributed by atoms with Gasteiger partial charge in [0.2, 0.25) is 0 Å². The van der Waals surface area contributed by atoms with Crippen LogP contribution in [0.5, 0.6) is 5.75 Å². The zero-order valence-corrected chi connectivity index (χ0v) is 10.2. The molecule has 2 rings (SSSR count). The van der Waals surface area contributed by atoms with Crippen molar-refractivity contribution in [2.75, 3.05) is 18.1 Å². The van der Waals surface area contributed by atoms with E-state index in [1.165, 1.54) is 5.56 Å². The number of nitrogens with two attached hydrogens (primary N) is 1. The molecular weight excluding hydrogens is 222 g/mol. The SMILES string of the molecule is CC(N)CS(=O)CC1COc2ccccc21. The van der Waals surface area contributed by atoms with Crippen LogP contribution in [0, 0.1) is 0 Å². The molecule has 1 heterocycles. The van der Waals surface area contributed by atoms with Gasteiger partial charge in [-0.3, -0.25) is 4.21 Å². The van der Waals surface area contributed by atoms with E-state index in [2.05, 4.69) is 6.07 Å². The fourth-order valence-corrected chi connectivity index (χ4v) is 3.40. The molecule has 0 amide bonds. The molecule has 3 atom stereocenters.